The molecule has 0 spiro atoms. The molecule has 2 heterocycles. The first-order valence-electron chi connectivity index (χ1n) is 7.70. The highest BCUT2D eigenvalue weighted by Gasteiger charge is 2.34. The molecule has 3 N–H and O–H groups in total. The molecular formula is C14H16F6IN7S. The van der Waals surface area contributed by atoms with Crippen molar-refractivity contribution >= 4 is 47.2 Å². The van der Waals surface area contributed by atoms with E-state index in [4.69, 9.17) is 0 Å². The molecule has 0 atom stereocenters. The fraction of sp³-hybridized carbons (Fsp3) is 0.429. The second kappa shape index (κ2) is 10.7. The minimum absolute atomic E-state index is 0. The lowest BCUT2D eigenvalue weighted by atomic mass is 10.4. The summed E-state index contributed by atoms with van der Waals surface area (Å²) in [4.78, 5) is 14.4. The van der Waals surface area contributed by atoms with Crippen molar-refractivity contribution in [2.75, 3.05) is 25.5 Å². The van der Waals surface area contributed by atoms with Gasteiger partial charge in [0, 0.05) is 31.7 Å². The van der Waals surface area contributed by atoms with Crippen molar-refractivity contribution in [3.8, 4) is 0 Å². The van der Waals surface area contributed by atoms with Crippen LogP contribution in [0.1, 0.15) is 16.4 Å². The molecule has 7 nitrogen and oxygen atoms in total. The number of anilines is 1. The maximum Gasteiger partial charge on any atom is 0.434 e. The van der Waals surface area contributed by atoms with Crippen LogP contribution in [0.25, 0.3) is 0 Å². The van der Waals surface area contributed by atoms with Crippen LogP contribution in [0.2, 0.25) is 0 Å². The van der Waals surface area contributed by atoms with Crippen molar-refractivity contribution in [1.29, 1.82) is 0 Å². The Kier molecular flexibility index (Phi) is 9.31. The van der Waals surface area contributed by atoms with Gasteiger partial charge in [0.1, 0.15) is 10.7 Å². The zero-order valence-corrected chi connectivity index (χ0v) is 17.9. The molecular weight excluding hydrogens is 539 g/mol. The molecule has 162 valence electrons. The van der Waals surface area contributed by atoms with E-state index in [0.717, 1.165) is 29.0 Å². The molecule has 0 fully saturated rings. The molecule has 0 aromatic carbocycles. The van der Waals surface area contributed by atoms with Gasteiger partial charge in [0.2, 0.25) is 5.95 Å². The Labute approximate surface area is 182 Å². The average Bonchev–Trinajstić information content (AvgIpc) is 3.10. The van der Waals surface area contributed by atoms with Crippen LogP contribution < -0.4 is 16.0 Å². The van der Waals surface area contributed by atoms with Gasteiger partial charge in [-0.15, -0.1) is 35.3 Å². The summed E-state index contributed by atoms with van der Waals surface area (Å²) < 4.78 is 75.3. The monoisotopic (exact) mass is 555 g/mol. The third kappa shape index (κ3) is 8.15. The van der Waals surface area contributed by atoms with E-state index in [0.29, 0.717) is 0 Å². The summed E-state index contributed by atoms with van der Waals surface area (Å²) in [5.74, 6) is 0.109. The Bertz CT molecular complexity index is 808. The van der Waals surface area contributed by atoms with E-state index >= 15 is 0 Å². The number of thiazole rings is 1. The number of nitrogens with one attached hydrogen (secondary N) is 3. The molecule has 0 bridgehead atoms. The van der Waals surface area contributed by atoms with Crippen LogP contribution in [0.5, 0.6) is 0 Å². The van der Waals surface area contributed by atoms with E-state index in [1.165, 1.54) is 7.05 Å². The van der Waals surface area contributed by atoms with Crippen molar-refractivity contribution in [3.63, 3.8) is 0 Å². The van der Waals surface area contributed by atoms with E-state index in [1.807, 2.05) is 0 Å². The molecule has 29 heavy (non-hydrogen) atoms. The first-order chi connectivity index (χ1) is 13.1. The van der Waals surface area contributed by atoms with Gasteiger partial charge in [-0.05, 0) is 6.07 Å². The molecule has 0 aliphatic carbocycles. The zero-order valence-electron chi connectivity index (χ0n) is 14.7. The Morgan fingerprint density at radius 3 is 2.31 bits per heavy atom. The number of halogens is 7. The quantitative estimate of drug-likeness (QED) is 0.167. The van der Waals surface area contributed by atoms with Gasteiger partial charge in [-0.2, -0.15) is 26.3 Å². The Hall–Kier alpha value is -1.91. The molecule has 2 rings (SSSR count). The summed E-state index contributed by atoms with van der Waals surface area (Å²) in [5, 5.41) is 9.41. The van der Waals surface area contributed by atoms with Gasteiger partial charge in [0.05, 0.1) is 6.54 Å². The third-order valence-electron chi connectivity index (χ3n) is 3.12. The minimum Gasteiger partial charge on any atom is -0.355 e. The molecule has 2 aromatic rings. The number of alkyl halides is 6. The number of hydrogen-bond acceptors (Lipinski definition) is 6. The fourth-order valence-electron chi connectivity index (χ4n) is 1.86. The lowest BCUT2D eigenvalue weighted by Crippen LogP contribution is -2.39. The predicted molar refractivity (Wildman–Crippen MR) is 106 cm³/mol. The van der Waals surface area contributed by atoms with Crippen LogP contribution in [0, 0.1) is 0 Å². The molecule has 15 heteroatoms. The van der Waals surface area contributed by atoms with Gasteiger partial charge in [-0.3, -0.25) is 4.99 Å². The van der Waals surface area contributed by atoms with Crippen molar-refractivity contribution in [2.24, 2.45) is 4.99 Å². The third-order valence-corrected chi connectivity index (χ3v) is 3.97. The largest absolute Gasteiger partial charge is 0.434 e. The Morgan fingerprint density at radius 1 is 1.03 bits per heavy atom. The van der Waals surface area contributed by atoms with Crippen LogP contribution in [0.4, 0.5) is 32.3 Å². The predicted octanol–water partition coefficient (Wildman–Crippen LogP) is 3.37. The standard InChI is InChI=1S/C14H15F6N7S.HI/c1-21-11(25-6-10-26-9(7-28-10)14(18,19)20)23-4-5-24-12-22-3-2-8(27-12)13(15,16)17;/h2-3,7H,4-6H2,1H3,(H2,21,23,25)(H,22,24,27);1H. The molecule has 0 amide bonds. The number of rotatable bonds is 6. The summed E-state index contributed by atoms with van der Waals surface area (Å²) in [7, 11) is 1.46. The summed E-state index contributed by atoms with van der Waals surface area (Å²) in [6.45, 7) is 0.451. The van der Waals surface area contributed by atoms with Crippen LogP contribution in [0.3, 0.4) is 0 Å². The molecule has 0 unspecified atom stereocenters. The van der Waals surface area contributed by atoms with Gasteiger partial charge >= 0.3 is 12.4 Å². The summed E-state index contributed by atoms with van der Waals surface area (Å²) in [6.07, 6.45) is -8.06. The van der Waals surface area contributed by atoms with Gasteiger partial charge in [-0.1, -0.05) is 0 Å². The number of aromatic nitrogens is 3. The molecule has 0 saturated heterocycles. The van der Waals surface area contributed by atoms with Crippen molar-refractivity contribution in [2.45, 2.75) is 18.9 Å². The molecule has 0 aliphatic rings. The topological polar surface area (TPSA) is 87.1 Å². The Balaban J connectivity index is 0.00000420. The second-order valence-corrected chi connectivity index (χ2v) is 6.11. The van der Waals surface area contributed by atoms with E-state index in [-0.39, 0.29) is 60.5 Å². The smallest absolute Gasteiger partial charge is 0.355 e. The van der Waals surface area contributed by atoms with Crippen LogP contribution in [-0.2, 0) is 18.9 Å². The SMILES string of the molecule is CN=C(NCCNc1nccc(C(F)(F)F)n1)NCc1nc(C(F)(F)F)cs1.I. The van der Waals surface area contributed by atoms with Crippen LogP contribution >= 0.6 is 35.3 Å². The van der Waals surface area contributed by atoms with Crippen molar-refractivity contribution in [3.05, 3.63) is 34.0 Å². The lowest BCUT2D eigenvalue weighted by molar-refractivity contribution is -0.141. The number of hydrogen-bond donors (Lipinski definition) is 3. The summed E-state index contributed by atoms with van der Waals surface area (Å²) in [6, 6.07) is 0.762. The summed E-state index contributed by atoms with van der Waals surface area (Å²) >= 11 is 0.861. The van der Waals surface area contributed by atoms with E-state index in [1.54, 1.807) is 0 Å². The van der Waals surface area contributed by atoms with E-state index < -0.39 is 23.7 Å². The highest BCUT2D eigenvalue weighted by molar-refractivity contribution is 14.0. The molecule has 2 aromatic heterocycles. The second-order valence-electron chi connectivity index (χ2n) is 5.17. The highest BCUT2D eigenvalue weighted by Crippen LogP contribution is 2.30. The van der Waals surface area contributed by atoms with Crippen LogP contribution in [-0.4, -0.2) is 41.0 Å². The maximum atomic E-state index is 12.6. The summed E-state index contributed by atoms with van der Waals surface area (Å²) in [5.41, 5.74) is -2.01. The van der Waals surface area contributed by atoms with Crippen LogP contribution in [0.15, 0.2) is 22.6 Å². The molecule has 0 aliphatic heterocycles. The van der Waals surface area contributed by atoms with Crippen molar-refractivity contribution in [1.82, 2.24) is 25.6 Å². The van der Waals surface area contributed by atoms with E-state index in [2.05, 4.69) is 35.9 Å². The maximum absolute atomic E-state index is 12.6. The minimum atomic E-state index is -4.56. The fourth-order valence-corrected chi connectivity index (χ4v) is 2.60. The first kappa shape index (κ1) is 25.1. The lowest BCUT2D eigenvalue weighted by Gasteiger charge is -2.12. The molecule has 0 saturated carbocycles. The highest BCUT2D eigenvalue weighted by atomic mass is 127. The van der Waals surface area contributed by atoms with Gasteiger partial charge in [0.25, 0.3) is 0 Å². The average molecular weight is 555 g/mol. The number of nitrogens with zero attached hydrogens (tertiary/aromatic N) is 4. The normalized spacial score (nSPS) is 12.3. The first-order valence-corrected chi connectivity index (χ1v) is 8.58. The molecule has 0 radical (unpaired) electrons. The van der Waals surface area contributed by atoms with Gasteiger partial charge in [0.15, 0.2) is 11.7 Å². The zero-order chi connectivity index (χ0) is 20.8. The van der Waals surface area contributed by atoms with Gasteiger partial charge in [-0.25, -0.2) is 15.0 Å². The number of guanidine groups is 1. The number of aliphatic imine (C=N–C) groups is 1. The van der Waals surface area contributed by atoms with Gasteiger partial charge < -0.3 is 16.0 Å². The van der Waals surface area contributed by atoms with Crippen molar-refractivity contribution < 1.29 is 26.3 Å². The Morgan fingerprint density at radius 2 is 1.72 bits per heavy atom. The van der Waals surface area contributed by atoms with E-state index in [9.17, 15) is 26.3 Å².